The molecule has 1 fully saturated rings. The number of fused-ring (bicyclic) bond motifs is 3. The van der Waals surface area contributed by atoms with Gasteiger partial charge in [0.2, 0.25) is 11.8 Å². The lowest BCUT2D eigenvalue weighted by atomic mass is 9.91. The molecule has 0 spiro atoms. The number of nitrogens with one attached hydrogen (secondary N) is 3. The number of methoxy groups -OCH3 is 1. The number of alkyl carbamates (subject to hydrolysis) is 1. The summed E-state index contributed by atoms with van der Waals surface area (Å²) in [6.07, 6.45) is -3.47. The average Bonchev–Trinajstić information content (AvgIpc) is 3.73. The Kier molecular flexibility index (Phi) is 17.8. The second-order valence-corrected chi connectivity index (χ2v) is 17.8. The highest BCUT2D eigenvalue weighted by Crippen LogP contribution is 2.44. The van der Waals surface area contributed by atoms with Gasteiger partial charge in [0.05, 0.1) is 39.1 Å². The Morgan fingerprint density at radius 2 is 1.03 bits per heavy atom. The third-order valence-electron chi connectivity index (χ3n) is 13.0. The van der Waals surface area contributed by atoms with Crippen LogP contribution in [0.1, 0.15) is 59.1 Å². The van der Waals surface area contributed by atoms with Crippen molar-refractivity contribution in [2.24, 2.45) is 0 Å². The van der Waals surface area contributed by atoms with E-state index in [2.05, 4.69) is 28.1 Å². The fourth-order valence-electron chi connectivity index (χ4n) is 9.32. The molecule has 13 heteroatoms. The maximum Gasteiger partial charge on any atom is 0.407 e. The smallest absolute Gasteiger partial charge is 0.407 e. The van der Waals surface area contributed by atoms with Gasteiger partial charge in [-0.05, 0) is 64.3 Å². The number of rotatable bonds is 22. The summed E-state index contributed by atoms with van der Waals surface area (Å²) in [6, 6.07) is 52.5. The number of carbonyl (C=O) groups excluding carboxylic acids is 4. The van der Waals surface area contributed by atoms with Crippen LogP contribution in [-0.4, -0.2) is 86.7 Å². The van der Waals surface area contributed by atoms with Crippen molar-refractivity contribution in [2.45, 2.75) is 94.5 Å². The van der Waals surface area contributed by atoms with Crippen LogP contribution in [0.4, 0.5) is 4.79 Å². The zero-order valence-electron chi connectivity index (χ0n) is 40.0. The molecule has 0 aromatic heterocycles. The van der Waals surface area contributed by atoms with Crippen molar-refractivity contribution in [3.05, 3.63) is 203 Å². The lowest BCUT2D eigenvalue weighted by Gasteiger charge is -2.46. The second-order valence-electron chi connectivity index (χ2n) is 17.8. The molecule has 1 unspecified atom stereocenters. The summed E-state index contributed by atoms with van der Waals surface area (Å²) in [7, 11) is 1.22. The number of hydrogen-bond donors (Lipinski definition) is 3. The molecule has 1 heterocycles. The molecule has 3 amide bonds. The van der Waals surface area contributed by atoms with Gasteiger partial charge in [-0.15, -0.1) is 0 Å². The maximum atomic E-state index is 14.6. The minimum atomic E-state index is -1.20. The van der Waals surface area contributed by atoms with Gasteiger partial charge in [0.15, 0.2) is 0 Å². The van der Waals surface area contributed by atoms with Gasteiger partial charge in [0.25, 0.3) is 0 Å². The molecule has 0 bridgehead atoms. The van der Waals surface area contributed by atoms with Crippen LogP contribution in [0.25, 0.3) is 11.1 Å². The quantitative estimate of drug-likeness (QED) is 0.0566. The van der Waals surface area contributed by atoms with Crippen molar-refractivity contribution >= 4 is 23.9 Å². The molecule has 1 aliphatic carbocycles. The number of carbonyl (C=O) groups is 4. The Balaban J connectivity index is 1.02. The normalized spacial score (nSPS) is 19.0. The number of esters is 1. The van der Waals surface area contributed by atoms with Crippen LogP contribution < -0.4 is 16.0 Å². The van der Waals surface area contributed by atoms with Gasteiger partial charge in [-0.25, -0.2) is 4.79 Å². The molecule has 6 aromatic carbocycles. The summed E-state index contributed by atoms with van der Waals surface area (Å²) in [5, 5.41) is 8.33. The summed E-state index contributed by atoms with van der Waals surface area (Å²) < 4.78 is 37.7. The molecular weight excluding hydrogens is 899 g/mol. The predicted molar refractivity (Wildman–Crippen MR) is 268 cm³/mol. The molecule has 3 N–H and O–H groups in total. The molecule has 13 nitrogen and oxygen atoms in total. The van der Waals surface area contributed by atoms with Crippen molar-refractivity contribution < 1.29 is 47.6 Å². The summed E-state index contributed by atoms with van der Waals surface area (Å²) in [4.78, 5) is 54.7. The summed E-state index contributed by atoms with van der Waals surface area (Å²) in [5.74, 6) is -2.12. The third kappa shape index (κ3) is 13.6. The number of amides is 3. The van der Waals surface area contributed by atoms with Gasteiger partial charge in [-0.3, -0.25) is 14.4 Å². The van der Waals surface area contributed by atoms with Crippen LogP contribution in [-0.2, 0) is 69.0 Å². The highest BCUT2D eigenvalue weighted by atomic mass is 16.6. The molecule has 6 aromatic rings. The minimum absolute atomic E-state index is 0.0413. The molecule has 71 heavy (non-hydrogen) atoms. The molecule has 7 atom stereocenters. The highest BCUT2D eigenvalue weighted by Gasteiger charge is 2.47. The summed E-state index contributed by atoms with van der Waals surface area (Å²) >= 11 is 0. The fourth-order valence-corrected chi connectivity index (χ4v) is 9.32. The molecule has 368 valence electrons. The van der Waals surface area contributed by atoms with E-state index in [1.165, 1.54) is 7.11 Å². The Hall–Kier alpha value is -7.16. The lowest BCUT2D eigenvalue weighted by molar-refractivity contribution is -0.262. The largest absolute Gasteiger partial charge is 0.468 e. The van der Waals surface area contributed by atoms with E-state index >= 15 is 0 Å². The first-order valence-corrected chi connectivity index (χ1v) is 24.2. The Morgan fingerprint density at radius 3 is 1.56 bits per heavy atom. The van der Waals surface area contributed by atoms with Gasteiger partial charge in [-0.1, -0.05) is 170 Å². The maximum absolute atomic E-state index is 14.6. The topological polar surface area (TPSA) is 160 Å². The van der Waals surface area contributed by atoms with Crippen molar-refractivity contribution in [1.29, 1.82) is 0 Å². The first kappa shape index (κ1) is 50.2. The second kappa shape index (κ2) is 25.1. The van der Waals surface area contributed by atoms with Gasteiger partial charge < -0.3 is 44.4 Å². The van der Waals surface area contributed by atoms with Gasteiger partial charge in [0.1, 0.15) is 43.5 Å². The third-order valence-corrected chi connectivity index (χ3v) is 13.0. The number of ether oxygens (including phenoxy) is 6. The van der Waals surface area contributed by atoms with E-state index in [-0.39, 0.29) is 45.0 Å². The molecule has 1 saturated heterocycles. The number of hydrogen-bond acceptors (Lipinski definition) is 10. The van der Waals surface area contributed by atoms with E-state index in [0.717, 1.165) is 44.5 Å². The van der Waals surface area contributed by atoms with Crippen LogP contribution >= 0.6 is 0 Å². The van der Waals surface area contributed by atoms with Crippen LogP contribution in [0, 0.1) is 0 Å². The molecule has 0 saturated carbocycles. The monoisotopic (exact) mass is 959 g/mol. The van der Waals surface area contributed by atoms with E-state index in [4.69, 9.17) is 28.4 Å². The fraction of sp³-hybridized carbons (Fsp3) is 0.310. The van der Waals surface area contributed by atoms with Crippen molar-refractivity contribution in [3.63, 3.8) is 0 Å². The molecule has 2 aliphatic rings. The van der Waals surface area contributed by atoms with Crippen LogP contribution in [0.15, 0.2) is 170 Å². The molecule has 0 radical (unpaired) electrons. The molecule has 8 rings (SSSR count). The first-order chi connectivity index (χ1) is 34.7. The van der Waals surface area contributed by atoms with Crippen LogP contribution in [0.5, 0.6) is 0 Å². The van der Waals surface area contributed by atoms with Gasteiger partial charge in [-0.2, -0.15) is 0 Å². The zero-order chi connectivity index (χ0) is 49.4. The molecular formula is C58H61N3O10. The van der Waals surface area contributed by atoms with E-state index in [0.29, 0.717) is 6.61 Å². The van der Waals surface area contributed by atoms with Crippen LogP contribution in [0.3, 0.4) is 0 Å². The van der Waals surface area contributed by atoms with E-state index < -0.39 is 73.0 Å². The van der Waals surface area contributed by atoms with Gasteiger partial charge in [0, 0.05) is 12.3 Å². The van der Waals surface area contributed by atoms with Crippen molar-refractivity contribution in [1.82, 2.24) is 16.0 Å². The van der Waals surface area contributed by atoms with Crippen molar-refractivity contribution in [2.75, 3.05) is 20.3 Å². The SMILES string of the molecule is COC(=O)CNC(=O)C(CC[C@@H]1O[C@@H](C)[C@@H](OCc2ccccc2)[C@@H](OCc2ccccc2)[C@@H]1OCc1ccccc1)NC(=O)[C@H](Cc1ccccc1)NC(=O)OCC1c2ccccc2-c2ccccc21. The average molecular weight is 960 g/mol. The summed E-state index contributed by atoms with van der Waals surface area (Å²) in [6.45, 7) is 2.36. The Labute approximate surface area is 415 Å². The summed E-state index contributed by atoms with van der Waals surface area (Å²) in [5.41, 5.74) is 7.94. The van der Waals surface area contributed by atoms with E-state index in [1.807, 2.05) is 165 Å². The predicted octanol–water partition coefficient (Wildman–Crippen LogP) is 8.23. The zero-order valence-corrected chi connectivity index (χ0v) is 40.0. The lowest BCUT2D eigenvalue weighted by Crippen LogP contribution is -2.60. The standard InChI is InChI=1S/C58H61N3O10/c1-39-53(67-35-41-21-9-4-10-22-41)55(69-37-43-25-13-6-14-26-43)54(68-36-42-23-11-5-12-24-42)51(71-39)32-31-49(56(63)59-34-52(62)66-2)60-57(64)50(33-40-19-7-3-8-20-40)61-58(65)70-38-48-46-29-17-15-27-44(46)45-28-16-18-30-47(45)48/h3-30,39,48-51,53-55H,31-38H2,1-2H3,(H,59,63)(H,60,64)(H,61,65)/t39-,49?,50-,51-,53+,54+,55+/m0/s1. The van der Waals surface area contributed by atoms with Crippen LogP contribution in [0.2, 0.25) is 0 Å². The molecule has 1 aliphatic heterocycles. The Bertz CT molecular complexity index is 2610. The highest BCUT2D eigenvalue weighted by molar-refractivity contribution is 5.92. The van der Waals surface area contributed by atoms with Gasteiger partial charge >= 0.3 is 12.1 Å². The minimum Gasteiger partial charge on any atom is -0.468 e. The van der Waals surface area contributed by atoms with Crippen molar-refractivity contribution in [3.8, 4) is 11.1 Å². The Morgan fingerprint density at radius 1 is 0.549 bits per heavy atom. The first-order valence-electron chi connectivity index (χ1n) is 24.2. The van der Waals surface area contributed by atoms with E-state index in [1.54, 1.807) is 0 Å². The number of benzene rings is 6. The van der Waals surface area contributed by atoms with E-state index in [9.17, 15) is 19.2 Å².